The van der Waals surface area contributed by atoms with E-state index in [0.29, 0.717) is 5.69 Å². The highest BCUT2D eigenvalue weighted by Gasteiger charge is 2.06. The summed E-state index contributed by atoms with van der Waals surface area (Å²) < 4.78 is 0. The molecule has 0 aliphatic rings. The summed E-state index contributed by atoms with van der Waals surface area (Å²) in [4.78, 5) is 16.0. The Kier molecular flexibility index (Phi) is 4.97. The number of hydrogen-bond donors (Lipinski definition) is 1. The lowest BCUT2D eigenvalue weighted by Crippen LogP contribution is -2.12. The van der Waals surface area contributed by atoms with E-state index in [9.17, 15) is 4.79 Å². The number of anilines is 1. The molecule has 0 spiro atoms. The van der Waals surface area contributed by atoms with Gasteiger partial charge in [-0.2, -0.15) is 0 Å². The molecule has 1 aromatic carbocycles. The zero-order valence-corrected chi connectivity index (χ0v) is 10.8. The number of nitrogens with zero attached hydrogens (tertiary/aromatic N) is 1. The van der Waals surface area contributed by atoms with Crippen LogP contribution in [0.4, 0.5) is 10.5 Å². The molecular formula is C12H15ClN2O2. The third kappa shape index (κ3) is 4.87. The maximum Gasteiger partial charge on any atom is 0.437 e. The molecule has 0 bridgehead atoms. The minimum atomic E-state index is -0.658. The van der Waals surface area contributed by atoms with Gasteiger partial charge in [0, 0.05) is 11.6 Å². The summed E-state index contributed by atoms with van der Waals surface area (Å²) in [7, 11) is 0. The summed E-state index contributed by atoms with van der Waals surface area (Å²) in [6.07, 6.45) is -0.658. The first kappa shape index (κ1) is 13.5. The molecule has 0 atom stereocenters. The van der Waals surface area contributed by atoms with Gasteiger partial charge in [0.15, 0.2) is 0 Å². The number of carbonyl (C=O) groups excluding carboxylic acids is 1. The Morgan fingerprint density at radius 1 is 1.47 bits per heavy atom. The molecule has 0 unspecified atom stereocenters. The van der Waals surface area contributed by atoms with Crippen molar-refractivity contribution in [2.45, 2.75) is 20.8 Å². The van der Waals surface area contributed by atoms with Crippen LogP contribution in [-0.4, -0.2) is 11.3 Å². The van der Waals surface area contributed by atoms with Crippen LogP contribution < -0.4 is 5.32 Å². The molecular weight excluding hydrogens is 240 g/mol. The topological polar surface area (TPSA) is 50.7 Å². The molecule has 0 saturated carbocycles. The second-order valence-corrected chi connectivity index (χ2v) is 4.33. The first-order chi connectivity index (χ1) is 7.99. The number of aryl methyl sites for hydroxylation is 1. The van der Waals surface area contributed by atoms with Crippen molar-refractivity contribution >= 4 is 28.6 Å². The maximum absolute atomic E-state index is 11.4. The predicted octanol–water partition coefficient (Wildman–Crippen LogP) is 3.75. The van der Waals surface area contributed by atoms with E-state index in [-0.39, 0.29) is 11.1 Å². The van der Waals surface area contributed by atoms with Crippen molar-refractivity contribution in [2.24, 2.45) is 11.1 Å². The average molecular weight is 255 g/mol. The van der Waals surface area contributed by atoms with Gasteiger partial charge in [0.05, 0.1) is 0 Å². The van der Waals surface area contributed by atoms with Crippen molar-refractivity contribution in [1.82, 2.24) is 0 Å². The third-order valence-electron chi connectivity index (χ3n) is 1.96. The van der Waals surface area contributed by atoms with Crippen LogP contribution in [0.2, 0.25) is 0 Å². The van der Waals surface area contributed by atoms with Crippen LogP contribution >= 0.6 is 11.6 Å². The van der Waals surface area contributed by atoms with Gasteiger partial charge >= 0.3 is 6.09 Å². The molecule has 4 nitrogen and oxygen atoms in total. The Bertz CT molecular complexity index is 430. The van der Waals surface area contributed by atoms with Crippen LogP contribution in [0.3, 0.4) is 0 Å². The van der Waals surface area contributed by atoms with Crippen molar-refractivity contribution < 1.29 is 9.63 Å². The smallest absolute Gasteiger partial charge is 0.297 e. The third-order valence-corrected chi connectivity index (χ3v) is 2.46. The molecule has 0 fully saturated rings. The van der Waals surface area contributed by atoms with Crippen LogP contribution in [0.25, 0.3) is 0 Å². The SMILES string of the molecule is Cc1cccc(NC(=O)O/N=C(\Cl)C(C)C)c1. The molecule has 5 heteroatoms. The molecule has 17 heavy (non-hydrogen) atoms. The second kappa shape index (κ2) is 6.25. The normalized spacial score (nSPS) is 11.5. The van der Waals surface area contributed by atoms with Gasteiger partial charge in [-0.25, -0.2) is 4.79 Å². The minimum absolute atomic E-state index is 0.0310. The average Bonchev–Trinajstić information content (AvgIpc) is 2.25. The van der Waals surface area contributed by atoms with Crippen LogP contribution in [0.1, 0.15) is 19.4 Å². The second-order valence-electron chi connectivity index (χ2n) is 3.94. The zero-order valence-electron chi connectivity index (χ0n) is 10.0. The van der Waals surface area contributed by atoms with Crippen LogP contribution in [0.5, 0.6) is 0 Å². The number of amides is 1. The van der Waals surface area contributed by atoms with Gasteiger partial charge in [-0.1, -0.05) is 42.7 Å². The summed E-state index contributed by atoms with van der Waals surface area (Å²) >= 11 is 5.73. The van der Waals surface area contributed by atoms with E-state index in [2.05, 4.69) is 15.3 Å². The lowest BCUT2D eigenvalue weighted by Gasteiger charge is -2.04. The van der Waals surface area contributed by atoms with Crippen LogP contribution in [0, 0.1) is 12.8 Å². The van der Waals surface area contributed by atoms with Crippen molar-refractivity contribution in [3.63, 3.8) is 0 Å². The first-order valence-corrected chi connectivity index (χ1v) is 5.65. The monoisotopic (exact) mass is 254 g/mol. The predicted molar refractivity (Wildman–Crippen MR) is 69.4 cm³/mol. The number of hydrogen-bond acceptors (Lipinski definition) is 3. The lowest BCUT2D eigenvalue weighted by atomic mass is 10.2. The summed E-state index contributed by atoms with van der Waals surface area (Å²) in [5.41, 5.74) is 1.71. The van der Waals surface area contributed by atoms with E-state index in [1.807, 2.05) is 39.0 Å². The van der Waals surface area contributed by atoms with Gasteiger partial charge in [0.25, 0.3) is 0 Å². The van der Waals surface area contributed by atoms with Crippen LogP contribution in [-0.2, 0) is 4.84 Å². The van der Waals surface area contributed by atoms with E-state index < -0.39 is 6.09 Å². The summed E-state index contributed by atoms with van der Waals surface area (Å²) in [6, 6.07) is 7.37. The van der Waals surface area contributed by atoms with E-state index in [1.165, 1.54) is 0 Å². The molecule has 1 rings (SSSR count). The molecule has 0 aliphatic heterocycles. The Balaban J connectivity index is 2.53. The van der Waals surface area contributed by atoms with Gasteiger partial charge < -0.3 is 0 Å². The summed E-state index contributed by atoms with van der Waals surface area (Å²) in [5.74, 6) is 0.0310. The molecule has 1 amide bonds. The number of nitrogens with one attached hydrogen (secondary N) is 1. The first-order valence-electron chi connectivity index (χ1n) is 5.27. The fraction of sp³-hybridized carbons (Fsp3) is 0.333. The molecule has 1 aromatic rings. The summed E-state index contributed by atoms with van der Waals surface area (Å²) in [6.45, 7) is 5.64. The Morgan fingerprint density at radius 3 is 2.76 bits per heavy atom. The largest absolute Gasteiger partial charge is 0.437 e. The van der Waals surface area contributed by atoms with Crippen molar-refractivity contribution in [2.75, 3.05) is 5.32 Å². The number of carbonyl (C=O) groups is 1. The molecule has 0 saturated heterocycles. The van der Waals surface area contributed by atoms with E-state index in [0.717, 1.165) is 5.56 Å². The van der Waals surface area contributed by atoms with E-state index in [4.69, 9.17) is 11.6 Å². The molecule has 1 N–H and O–H groups in total. The van der Waals surface area contributed by atoms with Gasteiger partial charge in [-0.3, -0.25) is 10.2 Å². The Hall–Kier alpha value is -1.55. The number of halogens is 1. The highest BCUT2D eigenvalue weighted by molar-refractivity contribution is 6.65. The van der Waals surface area contributed by atoms with Gasteiger partial charge in [0.2, 0.25) is 0 Å². The Morgan fingerprint density at radius 2 is 2.18 bits per heavy atom. The van der Waals surface area contributed by atoms with Gasteiger partial charge in [-0.05, 0) is 24.6 Å². The van der Waals surface area contributed by atoms with Crippen molar-refractivity contribution in [1.29, 1.82) is 0 Å². The molecule has 0 aromatic heterocycles. The fourth-order valence-electron chi connectivity index (χ4n) is 1.05. The lowest BCUT2D eigenvalue weighted by molar-refractivity contribution is 0.166. The van der Waals surface area contributed by atoms with E-state index >= 15 is 0 Å². The van der Waals surface area contributed by atoms with Gasteiger partial charge in [0.1, 0.15) is 5.17 Å². The maximum atomic E-state index is 11.4. The molecule has 92 valence electrons. The van der Waals surface area contributed by atoms with E-state index in [1.54, 1.807) is 6.07 Å². The highest BCUT2D eigenvalue weighted by Crippen LogP contribution is 2.10. The van der Waals surface area contributed by atoms with Crippen molar-refractivity contribution in [3.05, 3.63) is 29.8 Å². The summed E-state index contributed by atoms with van der Waals surface area (Å²) in [5, 5.41) is 6.32. The zero-order chi connectivity index (χ0) is 12.8. The highest BCUT2D eigenvalue weighted by atomic mass is 35.5. The molecule has 0 heterocycles. The fourth-order valence-corrected chi connectivity index (χ4v) is 1.09. The standard InChI is InChI=1S/C12H15ClN2O2/c1-8(2)11(13)15-17-12(16)14-10-6-4-5-9(3)7-10/h4-8H,1-3H3,(H,14,16)/b15-11-. The quantitative estimate of drug-likeness (QED) is 0.507. The van der Waals surface area contributed by atoms with Gasteiger partial charge in [-0.15, -0.1) is 0 Å². The number of rotatable bonds is 3. The molecule has 0 aliphatic carbocycles. The number of benzene rings is 1. The van der Waals surface area contributed by atoms with Crippen molar-refractivity contribution in [3.8, 4) is 0 Å². The Labute approximate surface area is 106 Å². The number of oxime groups is 1. The van der Waals surface area contributed by atoms with Crippen LogP contribution in [0.15, 0.2) is 29.4 Å². The minimum Gasteiger partial charge on any atom is -0.297 e. The molecule has 0 radical (unpaired) electrons.